The van der Waals surface area contributed by atoms with E-state index in [4.69, 9.17) is 9.47 Å². The van der Waals surface area contributed by atoms with Crippen molar-refractivity contribution in [2.45, 2.75) is 45.4 Å². The predicted octanol–water partition coefficient (Wildman–Crippen LogP) is 7.27. The molecule has 0 spiro atoms. The first-order chi connectivity index (χ1) is 18.0. The van der Waals surface area contributed by atoms with Crippen molar-refractivity contribution >= 4 is 5.78 Å². The Morgan fingerprint density at radius 2 is 1.51 bits per heavy atom. The molecule has 0 saturated carbocycles. The number of ether oxygens (including phenoxy) is 2. The van der Waals surface area contributed by atoms with E-state index in [0.717, 1.165) is 39.2 Å². The summed E-state index contributed by atoms with van der Waals surface area (Å²) in [6.07, 6.45) is 0.692. The highest BCUT2D eigenvalue weighted by atomic mass is 19.1. The van der Waals surface area contributed by atoms with Crippen molar-refractivity contribution in [3.05, 3.63) is 108 Å². The van der Waals surface area contributed by atoms with E-state index < -0.39 is 0 Å². The molecule has 0 amide bonds. The number of halogens is 1. The normalized spacial score (nSPS) is 13.9. The van der Waals surface area contributed by atoms with Crippen LogP contribution in [0.2, 0.25) is 0 Å². The van der Waals surface area contributed by atoms with E-state index in [0.29, 0.717) is 32.6 Å². The maximum absolute atomic E-state index is 14.1. The van der Waals surface area contributed by atoms with E-state index in [1.807, 2.05) is 60.7 Å². The van der Waals surface area contributed by atoms with Gasteiger partial charge < -0.3 is 14.0 Å². The number of benzene rings is 3. The fourth-order valence-corrected chi connectivity index (χ4v) is 5.22. The molecule has 2 heterocycles. The van der Waals surface area contributed by atoms with Crippen LogP contribution < -0.4 is 0 Å². The van der Waals surface area contributed by atoms with Gasteiger partial charge in [-0.15, -0.1) is 0 Å². The number of carbonyl (C=O) groups is 1. The highest BCUT2D eigenvalue weighted by Gasteiger charge is 2.31. The maximum atomic E-state index is 14.1. The van der Waals surface area contributed by atoms with E-state index in [2.05, 4.69) is 18.4 Å². The smallest absolute Gasteiger partial charge is 0.169 e. The fraction of sp³-hybridized carbons (Fsp3) is 0.281. The highest BCUT2D eigenvalue weighted by molar-refractivity contribution is 6.08. The molecule has 4 nitrogen and oxygen atoms in total. The van der Waals surface area contributed by atoms with Crippen LogP contribution >= 0.6 is 0 Å². The predicted molar refractivity (Wildman–Crippen MR) is 144 cm³/mol. The second kappa shape index (κ2) is 11.2. The molecule has 0 atom stereocenters. The lowest BCUT2D eigenvalue weighted by Gasteiger charge is -2.19. The number of ketones is 1. The van der Waals surface area contributed by atoms with Crippen molar-refractivity contribution in [2.75, 3.05) is 13.2 Å². The fourth-order valence-electron chi connectivity index (χ4n) is 5.22. The lowest BCUT2D eigenvalue weighted by atomic mass is 9.90. The zero-order valence-electron chi connectivity index (χ0n) is 21.3. The summed E-state index contributed by atoms with van der Waals surface area (Å²) in [7, 11) is 0. The first-order valence-electron chi connectivity index (χ1n) is 12.9. The van der Waals surface area contributed by atoms with Crippen molar-refractivity contribution in [2.24, 2.45) is 0 Å². The largest absolute Gasteiger partial charge is 0.350 e. The van der Waals surface area contributed by atoms with Gasteiger partial charge in [0.1, 0.15) is 5.82 Å². The van der Waals surface area contributed by atoms with Crippen LogP contribution in [0.4, 0.5) is 4.39 Å². The molecule has 1 saturated heterocycles. The summed E-state index contributed by atoms with van der Waals surface area (Å²) >= 11 is 0. The Morgan fingerprint density at radius 3 is 2.14 bits per heavy atom. The summed E-state index contributed by atoms with van der Waals surface area (Å²) in [6.45, 7) is 6.04. The van der Waals surface area contributed by atoms with Crippen LogP contribution in [0.3, 0.4) is 0 Å². The van der Waals surface area contributed by atoms with Crippen molar-refractivity contribution < 1.29 is 18.7 Å². The van der Waals surface area contributed by atoms with Gasteiger partial charge in [0.2, 0.25) is 0 Å². The van der Waals surface area contributed by atoms with E-state index in [1.165, 1.54) is 12.1 Å². The molecule has 0 radical (unpaired) electrons. The van der Waals surface area contributed by atoms with Gasteiger partial charge in [-0.3, -0.25) is 4.79 Å². The average Bonchev–Trinajstić information content (AvgIpc) is 3.55. The molecular formula is C32H32FNO3. The molecule has 1 aliphatic rings. The Balaban J connectivity index is 1.74. The summed E-state index contributed by atoms with van der Waals surface area (Å²) in [5.41, 5.74) is 6.34. The summed E-state index contributed by atoms with van der Waals surface area (Å²) in [4.78, 5) is 14.1. The Bertz CT molecular complexity index is 1340. The molecule has 3 aromatic carbocycles. The molecule has 5 rings (SSSR count). The minimum absolute atomic E-state index is 0.0734. The number of hydrogen-bond donors (Lipinski definition) is 0. The molecule has 4 aromatic rings. The number of nitrogens with zero attached hydrogens (tertiary/aromatic N) is 1. The molecule has 0 aliphatic carbocycles. The quantitative estimate of drug-likeness (QED) is 0.228. The Morgan fingerprint density at radius 1 is 0.892 bits per heavy atom. The zero-order valence-corrected chi connectivity index (χ0v) is 21.3. The molecule has 0 N–H and O–H groups in total. The molecular weight excluding hydrogens is 465 g/mol. The van der Waals surface area contributed by atoms with Gasteiger partial charge in [-0.2, -0.15) is 0 Å². The first-order valence-corrected chi connectivity index (χ1v) is 12.9. The van der Waals surface area contributed by atoms with Crippen molar-refractivity contribution in [3.63, 3.8) is 0 Å². The molecule has 0 unspecified atom stereocenters. The highest BCUT2D eigenvalue weighted by Crippen LogP contribution is 2.43. The number of rotatable bonds is 9. The first kappa shape index (κ1) is 25.1. The number of aromatic nitrogens is 1. The lowest BCUT2D eigenvalue weighted by Crippen LogP contribution is -2.16. The molecule has 37 heavy (non-hydrogen) atoms. The zero-order chi connectivity index (χ0) is 25.8. The summed E-state index contributed by atoms with van der Waals surface area (Å²) in [5, 5.41) is 0. The maximum Gasteiger partial charge on any atom is 0.169 e. The van der Waals surface area contributed by atoms with Crippen LogP contribution in [-0.2, 0) is 22.4 Å². The third-order valence-corrected chi connectivity index (χ3v) is 6.80. The van der Waals surface area contributed by atoms with Crippen molar-refractivity contribution in [3.8, 4) is 22.4 Å². The minimum atomic E-state index is -0.291. The summed E-state index contributed by atoms with van der Waals surface area (Å²) < 4.78 is 27.7. The van der Waals surface area contributed by atoms with Crippen LogP contribution in [0.5, 0.6) is 0 Å². The molecule has 190 valence electrons. The van der Waals surface area contributed by atoms with E-state index >= 15 is 0 Å². The summed E-state index contributed by atoms with van der Waals surface area (Å²) in [5.74, 6) is -0.138. The van der Waals surface area contributed by atoms with E-state index in [1.54, 1.807) is 12.1 Å². The Kier molecular flexibility index (Phi) is 7.63. The molecule has 1 aromatic heterocycles. The SMILES string of the molecule is CC(C)c1c(C(=O)Cc2ccccc2)c(-c2ccccc2)c(-c2ccc(F)cc2)n1CCC1OCCO1. The summed E-state index contributed by atoms with van der Waals surface area (Å²) in [6, 6.07) is 26.4. The standard InChI is InChI=1S/C32H32FNO3/c1-22(2)31-30(27(35)21-23-9-5-3-6-10-23)29(24-11-7-4-8-12-24)32(25-13-15-26(33)16-14-25)34(31)18-17-28-36-19-20-37-28/h3-16,22,28H,17-21H2,1-2H3. The van der Waals surface area contributed by atoms with Gasteiger partial charge in [-0.25, -0.2) is 4.39 Å². The van der Waals surface area contributed by atoms with E-state index in [-0.39, 0.29) is 23.8 Å². The number of Topliss-reactive ketones (excluding diaryl/α,β-unsaturated/α-hetero) is 1. The van der Waals surface area contributed by atoms with Crippen LogP contribution in [-0.4, -0.2) is 29.9 Å². The lowest BCUT2D eigenvalue weighted by molar-refractivity contribution is -0.0490. The second-order valence-electron chi connectivity index (χ2n) is 9.71. The molecule has 0 bridgehead atoms. The van der Waals surface area contributed by atoms with Crippen LogP contribution in [0.25, 0.3) is 22.4 Å². The third kappa shape index (κ3) is 5.43. The molecule has 1 fully saturated rings. The van der Waals surface area contributed by atoms with Crippen molar-refractivity contribution in [1.82, 2.24) is 4.57 Å². The number of carbonyl (C=O) groups excluding carboxylic acids is 1. The molecule has 5 heteroatoms. The van der Waals surface area contributed by atoms with Gasteiger partial charge in [0.25, 0.3) is 0 Å². The van der Waals surface area contributed by atoms with Gasteiger partial charge >= 0.3 is 0 Å². The number of hydrogen-bond acceptors (Lipinski definition) is 3. The van der Waals surface area contributed by atoms with Gasteiger partial charge in [0.15, 0.2) is 12.1 Å². The van der Waals surface area contributed by atoms with Gasteiger partial charge in [-0.1, -0.05) is 74.5 Å². The van der Waals surface area contributed by atoms with Crippen LogP contribution in [0.15, 0.2) is 84.9 Å². The van der Waals surface area contributed by atoms with Crippen LogP contribution in [0.1, 0.15) is 47.8 Å². The minimum Gasteiger partial charge on any atom is -0.350 e. The van der Waals surface area contributed by atoms with Crippen LogP contribution in [0, 0.1) is 5.82 Å². The Labute approximate surface area is 217 Å². The van der Waals surface area contributed by atoms with Gasteiger partial charge in [0, 0.05) is 36.2 Å². The Hall–Kier alpha value is -3.54. The van der Waals surface area contributed by atoms with Gasteiger partial charge in [-0.05, 0) is 46.9 Å². The monoisotopic (exact) mass is 497 g/mol. The van der Waals surface area contributed by atoms with Gasteiger partial charge in [0.05, 0.1) is 18.9 Å². The van der Waals surface area contributed by atoms with E-state index in [9.17, 15) is 9.18 Å². The topological polar surface area (TPSA) is 40.5 Å². The second-order valence-corrected chi connectivity index (χ2v) is 9.71. The van der Waals surface area contributed by atoms with Crippen molar-refractivity contribution in [1.29, 1.82) is 0 Å². The average molecular weight is 498 g/mol. The molecule has 1 aliphatic heterocycles. The third-order valence-electron chi connectivity index (χ3n) is 6.80.